The summed E-state index contributed by atoms with van der Waals surface area (Å²) in [6.45, 7) is 5.21. The third-order valence-corrected chi connectivity index (χ3v) is 5.91. The lowest BCUT2D eigenvalue weighted by Crippen LogP contribution is -2.37. The molecule has 3 heterocycles. The number of hydrogen-bond acceptors (Lipinski definition) is 5. The Morgan fingerprint density at radius 2 is 2.00 bits per heavy atom. The molecule has 0 fully saturated rings. The largest absolute Gasteiger partial charge is 0.466 e. The van der Waals surface area contributed by atoms with Gasteiger partial charge in [0.15, 0.2) is 0 Å². The van der Waals surface area contributed by atoms with E-state index in [0.29, 0.717) is 19.6 Å². The average molecular weight is 408 g/mol. The molecule has 2 aromatic rings. The number of rotatable bonds is 6. The van der Waals surface area contributed by atoms with Crippen molar-refractivity contribution in [1.82, 2.24) is 9.88 Å². The zero-order valence-electron chi connectivity index (χ0n) is 17.5. The predicted octanol–water partition coefficient (Wildman–Crippen LogP) is 4.04. The summed E-state index contributed by atoms with van der Waals surface area (Å²) >= 11 is 0. The zero-order valence-corrected chi connectivity index (χ0v) is 17.5. The summed E-state index contributed by atoms with van der Waals surface area (Å²) in [5, 5.41) is 1.28. The lowest BCUT2D eigenvalue weighted by atomic mass is 9.82. The van der Waals surface area contributed by atoms with E-state index >= 15 is 0 Å². The monoisotopic (exact) mass is 408 g/mol. The fourth-order valence-electron chi connectivity index (χ4n) is 4.60. The number of ether oxygens (including phenoxy) is 2. The number of allylic oxidation sites excluding steroid dienone is 2. The molecule has 0 spiro atoms. The van der Waals surface area contributed by atoms with E-state index in [9.17, 15) is 9.59 Å². The predicted molar refractivity (Wildman–Crippen MR) is 115 cm³/mol. The minimum atomic E-state index is -0.369. The van der Waals surface area contributed by atoms with Gasteiger partial charge in [-0.3, -0.25) is 4.79 Å². The van der Waals surface area contributed by atoms with Crippen molar-refractivity contribution in [2.45, 2.75) is 39.2 Å². The number of aromatic amines is 1. The highest BCUT2D eigenvalue weighted by Gasteiger charge is 2.36. The summed E-state index contributed by atoms with van der Waals surface area (Å²) in [4.78, 5) is 30.0. The minimum Gasteiger partial charge on any atom is -0.466 e. The van der Waals surface area contributed by atoms with Crippen molar-refractivity contribution in [3.8, 4) is 0 Å². The van der Waals surface area contributed by atoms with Gasteiger partial charge in [0.2, 0.25) is 0 Å². The topological polar surface area (TPSA) is 71.6 Å². The van der Waals surface area contributed by atoms with Crippen LogP contribution in [0.15, 0.2) is 48.2 Å². The van der Waals surface area contributed by atoms with Crippen LogP contribution in [0.25, 0.3) is 10.9 Å². The number of aromatic nitrogens is 1. The molecule has 2 atom stereocenters. The van der Waals surface area contributed by atoms with Crippen molar-refractivity contribution in [2.75, 3.05) is 19.8 Å². The first-order valence-corrected chi connectivity index (χ1v) is 10.7. The number of hydrogen-bond donors (Lipinski definition) is 1. The molecule has 4 rings (SSSR count). The minimum absolute atomic E-state index is 0.0201. The van der Waals surface area contributed by atoms with Crippen molar-refractivity contribution in [3.05, 3.63) is 59.4 Å². The Hall–Kier alpha value is -3.02. The Kier molecular flexibility index (Phi) is 5.93. The average Bonchev–Trinajstić information content (AvgIpc) is 3.12. The smallest absolute Gasteiger partial charge is 0.330 e. The van der Waals surface area contributed by atoms with Crippen LogP contribution in [0.4, 0.5) is 0 Å². The molecule has 158 valence electrons. The molecule has 0 bridgehead atoms. The summed E-state index contributed by atoms with van der Waals surface area (Å²) in [5.41, 5.74) is 4.73. The quantitative estimate of drug-likeness (QED) is 0.577. The number of carbonyl (C=O) groups is 2. The number of para-hydroxylation sites is 1. The highest BCUT2D eigenvalue weighted by molar-refractivity contribution is 5.85. The van der Waals surface area contributed by atoms with E-state index in [1.165, 1.54) is 22.7 Å². The van der Waals surface area contributed by atoms with E-state index in [1.807, 2.05) is 13.0 Å². The lowest BCUT2D eigenvalue weighted by molar-refractivity contribution is -0.144. The maximum Gasteiger partial charge on any atom is 0.330 e. The van der Waals surface area contributed by atoms with Gasteiger partial charge in [-0.1, -0.05) is 24.3 Å². The van der Waals surface area contributed by atoms with E-state index in [1.54, 1.807) is 13.0 Å². The van der Waals surface area contributed by atoms with Crippen LogP contribution in [0.3, 0.4) is 0 Å². The van der Waals surface area contributed by atoms with Crippen molar-refractivity contribution >= 4 is 22.8 Å². The molecule has 6 heteroatoms. The molecule has 0 unspecified atom stereocenters. The molecule has 1 aromatic carbocycles. The molecule has 0 saturated carbocycles. The molecular weight excluding hydrogens is 380 g/mol. The van der Waals surface area contributed by atoms with Gasteiger partial charge in [-0.05, 0) is 49.8 Å². The Labute approximate surface area is 176 Å². The summed E-state index contributed by atoms with van der Waals surface area (Å²) < 4.78 is 10.2. The first-order valence-electron chi connectivity index (χ1n) is 10.7. The molecular formula is C24H28N2O4. The highest BCUT2D eigenvalue weighted by Crippen LogP contribution is 2.43. The number of nitrogens with one attached hydrogen (secondary N) is 1. The summed E-state index contributed by atoms with van der Waals surface area (Å²) in [7, 11) is 0. The summed E-state index contributed by atoms with van der Waals surface area (Å²) in [6, 6.07) is 8.58. The number of esters is 2. The van der Waals surface area contributed by atoms with Gasteiger partial charge in [-0.2, -0.15) is 0 Å². The van der Waals surface area contributed by atoms with E-state index < -0.39 is 0 Å². The number of benzene rings is 1. The number of H-pyrrole nitrogens is 1. The molecule has 1 N–H and O–H groups in total. The second kappa shape index (κ2) is 8.78. The van der Waals surface area contributed by atoms with E-state index in [-0.39, 0.29) is 23.9 Å². The van der Waals surface area contributed by atoms with Crippen LogP contribution >= 0.6 is 0 Å². The van der Waals surface area contributed by atoms with Gasteiger partial charge < -0.3 is 19.4 Å². The number of nitrogens with zero attached hydrogens (tertiary/aromatic N) is 1. The normalized spacial score (nSPS) is 20.6. The second-order valence-corrected chi connectivity index (χ2v) is 7.72. The third kappa shape index (κ3) is 3.99. The molecule has 2 aliphatic heterocycles. The van der Waals surface area contributed by atoms with Gasteiger partial charge in [0.05, 0.1) is 25.7 Å². The van der Waals surface area contributed by atoms with E-state index in [2.05, 4.69) is 34.3 Å². The molecule has 0 radical (unpaired) electrons. The maximum absolute atomic E-state index is 12.3. The maximum atomic E-state index is 12.3. The Bertz CT molecular complexity index is 1000. The van der Waals surface area contributed by atoms with E-state index in [0.717, 1.165) is 30.5 Å². The van der Waals surface area contributed by atoms with Gasteiger partial charge >= 0.3 is 11.9 Å². The van der Waals surface area contributed by atoms with Gasteiger partial charge in [0, 0.05) is 35.4 Å². The van der Waals surface area contributed by atoms with Crippen LogP contribution in [-0.2, 0) is 25.5 Å². The Morgan fingerprint density at radius 3 is 2.80 bits per heavy atom. The lowest BCUT2D eigenvalue weighted by Gasteiger charge is -2.41. The summed E-state index contributed by atoms with van der Waals surface area (Å²) in [6.07, 6.45) is 7.39. The van der Waals surface area contributed by atoms with Crippen molar-refractivity contribution in [2.24, 2.45) is 5.92 Å². The van der Waals surface area contributed by atoms with Gasteiger partial charge in [0.25, 0.3) is 0 Å². The molecule has 1 aromatic heterocycles. The van der Waals surface area contributed by atoms with Gasteiger partial charge in [-0.25, -0.2) is 4.79 Å². The Morgan fingerprint density at radius 1 is 1.20 bits per heavy atom. The molecule has 6 nitrogen and oxygen atoms in total. The van der Waals surface area contributed by atoms with Crippen LogP contribution in [-0.4, -0.2) is 41.6 Å². The van der Waals surface area contributed by atoms with Crippen molar-refractivity contribution in [1.29, 1.82) is 0 Å². The molecule has 2 aliphatic rings. The summed E-state index contributed by atoms with van der Waals surface area (Å²) in [5.74, 6) is -0.598. The van der Waals surface area contributed by atoms with Gasteiger partial charge in [0.1, 0.15) is 0 Å². The second-order valence-electron chi connectivity index (χ2n) is 7.72. The highest BCUT2D eigenvalue weighted by atomic mass is 16.5. The SMILES string of the molecule is CCOC(=O)/C=C/C1=CN2CCc3c([nH]c4ccccc34)[C@H]2C[C@@H]1CC(=O)OCC. The van der Waals surface area contributed by atoms with Crippen LogP contribution in [0.1, 0.15) is 44.0 Å². The van der Waals surface area contributed by atoms with Crippen LogP contribution in [0, 0.1) is 5.92 Å². The molecule has 30 heavy (non-hydrogen) atoms. The molecule has 0 amide bonds. The number of fused-ring (bicyclic) bond motifs is 5. The Balaban J connectivity index is 1.66. The van der Waals surface area contributed by atoms with Crippen LogP contribution in [0.2, 0.25) is 0 Å². The van der Waals surface area contributed by atoms with Crippen LogP contribution in [0.5, 0.6) is 0 Å². The first kappa shape index (κ1) is 20.3. The van der Waals surface area contributed by atoms with E-state index in [4.69, 9.17) is 9.47 Å². The standard InChI is InChI=1S/C24H28N2O4/c1-3-29-22(27)10-9-16-15-26-12-11-19-18-7-5-6-8-20(18)25-24(19)21(26)13-17(16)14-23(28)30-4-2/h5-10,15,17,21,25H,3-4,11-14H2,1-2H3/b10-9+/t17-,21-/m1/s1. The van der Waals surface area contributed by atoms with Crippen LogP contribution < -0.4 is 0 Å². The molecule has 0 saturated heterocycles. The molecule has 0 aliphatic carbocycles. The zero-order chi connectivity index (χ0) is 21.1. The fourth-order valence-corrected chi connectivity index (χ4v) is 4.60. The number of carbonyl (C=O) groups excluding carboxylic acids is 2. The van der Waals surface area contributed by atoms with Crippen molar-refractivity contribution < 1.29 is 19.1 Å². The van der Waals surface area contributed by atoms with Gasteiger partial charge in [-0.15, -0.1) is 0 Å². The third-order valence-electron chi connectivity index (χ3n) is 5.91. The first-order chi connectivity index (χ1) is 14.6. The van der Waals surface area contributed by atoms with Crippen molar-refractivity contribution in [3.63, 3.8) is 0 Å². The fraction of sp³-hybridized carbons (Fsp3) is 0.417.